The maximum Gasteiger partial charge on any atom is 0.410 e. The molecule has 2 aliphatic heterocycles. The Balaban J connectivity index is 0.000000225. The fourth-order valence-corrected chi connectivity index (χ4v) is 10.9. The quantitative estimate of drug-likeness (QED) is 0.0430. The number of rotatable bonds is 15. The van der Waals surface area contributed by atoms with Gasteiger partial charge in [0.15, 0.2) is 5.69 Å². The average molecular weight is 1180 g/mol. The topological polar surface area (TPSA) is 186 Å². The maximum absolute atomic E-state index is 12.6. The Hall–Kier alpha value is -6.40. The summed E-state index contributed by atoms with van der Waals surface area (Å²) in [5.74, 6) is 0.540. The Labute approximate surface area is 493 Å². The average Bonchev–Trinajstić information content (AvgIpc) is 2.75. The van der Waals surface area contributed by atoms with Crippen LogP contribution >= 0.6 is 11.6 Å². The lowest BCUT2D eigenvalue weighted by atomic mass is 10.0. The number of fused-ring (bicyclic) bond motifs is 2. The molecule has 82 heavy (non-hydrogen) atoms. The molecule has 0 saturated carbocycles. The third kappa shape index (κ3) is 19.6. The minimum Gasteiger partial charge on any atom is -0.444 e. The van der Waals surface area contributed by atoms with Crippen LogP contribution in [0.3, 0.4) is 0 Å². The van der Waals surface area contributed by atoms with Crippen LogP contribution in [0.25, 0.3) is 54.0 Å². The maximum atomic E-state index is 12.6. The van der Waals surface area contributed by atoms with Crippen molar-refractivity contribution in [2.24, 2.45) is 5.73 Å². The summed E-state index contributed by atoms with van der Waals surface area (Å²) >= 11 is 6.03. The minimum atomic E-state index is -1.19. The molecule has 3 N–H and O–H groups in total. The highest BCUT2D eigenvalue weighted by molar-refractivity contribution is 6.76. The smallest absolute Gasteiger partial charge is 0.410 e. The van der Waals surface area contributed by atoms with Gasteiger partial charge < -0.3 is 53.8 Å². The number of ether oxygens (including phenoxy) is 4. The number of benzene rings is 2. The van der Waals surface area contributed by atoms with Crippen LogP contribution in [-0.4, -0.2) is 130 Å². The molecule has 0 unspecified atom stereocenters. The third-order valence-electron chi connectivity index (χ3n) is 13.6. The molecule has 18 nitrogen and oxygen atoms in total. The number of nitrogens with one attached hydrogen (secondary N) is 1. The zero-order valence-electron chi connectivity index (χ0n) is 50.9. The number of piperidine rings is 2. The van der Waals surface area contributed by atoms with Gasteiger partial charge in [0.2, 0.25) is 17.8 Å². The van der Waals surface area contributed by atoms with E-state index in [4.69, 9.17) is 54.4 Å². The first-order valence-electron chi connectivity index (χ1n) is 28.4. The zero-order valence-corrected chi connectivity index (χ0v) is 53.7. The van der Waals surface area contributed by atoms with Crippen molar-refractivity contribution in [1.82, 2.24) is 38.9 Å². The van der Waals surface area contributed by atoms with E-state index >= 15 is 0 Å². The van der Waals surface area contributed by atoms with E-state index in [1.165, 1.54) is 0 Å². The number of anilines is 1. The number of carbonyl (C=O) groups is 2. The Kier molecular flexibility index (Phi) is 22.3. The number of hydrogen-bond donors (Lipinski definition) is 2. The van der Waals surface area contributed by atoms with Gasteiger partial charge in [-0.05, 0) is 128 Å². The van der Waals surface area contributed by atoms with E-state index in [9.17, 15) is 9.59 Å². The van der Waals surface area contributed by atoms with Crippen LogP contribution in [0.15, 0.2) is 61.2 Å². The van der Waals surface area contributed by atoms with Gasteiger partial charge in [-0.25, -0.2) is 40.9 Å². The molecule has 0 spiro atoms. The molecule has 2 fully saturated rings. The summed E-state index contributed by atoms with van der Waals surface area (Å²) < 4.78 is 27.1. The third-order valence-corrected chi connectivity index (χ3v) is 17.2. The van der Waals surface area contributed by atoms with Crippen LogP contribution in [0.4, 0.5) is 21.2 Å². The Morgan fingerprint density at radius 2 is 1.24 bits per heavy atom. The van der Waals surface area contributed by atoms with E-state index in [0.717, 1.165) is 119 Å². The Bertz CT molecular complexity index is 3230. The van der Waals surface area contributed by atoms with Gasteiger partial charge in [0, 0.05) is 125 Å². The molecule has 6 heterocycles. The number of aryl methyl sites for hydroxylation is 2. The van der Waals surface area contributed by atoms with Crippen LogP contribution in [0, 0.1) is 27.0 Å². The molecule has 8 rings (SSSR count). The highest BCUT2D eigenvalue weighted by atomic mass is 35.5. The predicted octanol–water partition coefficient (Wildman–Crippen LogP) is 14.2. The lowest BCUT2D eigenvalue weighted by molar-refractivity contribution is 0.0193. The lowest BCUT2D eigenvalue weighted by Crippen LogP contribution is -2.47. The van der Waals surface area contributed by atoms with Gasteiger partial charge in [0.05, 0.1) is 23.5 Å². The molecule has 0 radical (unpaired) electrons. The molecule has 2 atom stereocenters. The fraction of sp³-hybridized carbons (Fsp3) is 0.541. The minimum absolute atomic E-state index is 0.0316. The fourth-order valence-electron chi connectivity index (χ4n) is 9.30. The van der Waals surface area contributed by atoms with Crippen molar-refractivity contribution in [2.75, 3.05) is 44.7 Å². The summed E-state index contributed by atoms with van der Waals surface area (Å²) in [5.41, 5.74) is 14.0. The summed E-state index contributed by atoms with van der Waals surface area (Å²) in [7, 11) is -2.32. The summed E-state index contributed by atoms with van der Waals surface area (Å²) in [6, 6.07) is 14.2. The van der Waals surface area contributed by atoms with E-state index in [1.54, 1.807) is 16.0 Å². The summed E-state index contributed by atoms with van der Waals surface area (Å²) in [4.78, 5) is 52.9. The summed E-state index contributed by atoms with van der Waals surface area (Å²) in [6.45, 7) is 49.2. The molecule has 2 saturated heterocycles. The number of halogens is 1. The van der Waals surface area contributed by atoms with Gasteiger partial charge in [0.1, 0.15) is 24.7 Å². The van der Waals surface area contributed by atoms with Crippen molar-refractivity contribution in [3.8, 4) is 22.5 Å². The molecule has 6 aromatic rings. The first-order chi connectivity index (χ1) is 38.5. The number of amides is 2. The number of nitrogens with two attached hydrogens (primary N) is 1. The standard InChI is InChI=1S/C31H44N6O3Si.C20H23ClN4OSi.C10H20N2O2/c1-22-17-33-29(34-24-10-9-13-36(19-24)30(38)40-31(2,3)4)35-28(22)26-20-37(21-39-14-15-41(6,7)8)27-16-23(18-32-5)11-12-25(26)27;1-14-11-23-20(21)24-19(14)17-12-25(13-26-8-9-27(3,4)5)18-10-15(22-2)6-7-16(17)18;1-10(2,3)14-9(13)12-6-4-5-8(11)7-12/h11-12,16-17,20,24H,9-10,13-15,18-19,21H2,1-4,6-8H3,(H,33,34,35);6-7,10-12H,8-9,13H2,1,3-5H3;8H,4-7,11H2,1-3H3/t24-;;8-/m0.0/s1. The van der Waals surface area contributed by atoms with Crippen LogP contribution in [0.5, 0.6) is 0 Å². The predicted molar refractivity (Wildman–Crippen MR) is 335 cm³/mol. The molecule has 2 aliphatic rings. The second kappa shape index (κ2) is 28.3. The molecular weight excluding hydrogens is 1090 g/mol. The molecule has 0 aliphatic carbocycles. The largest absolute Gasteiger partial charge is 0.444 e. The number of likely N-dealkylation sites (tertiary alicyclic amines) is 2. The second-order valence-corrected chi connectivity index (χ2v) is 37.4. The first kappa shape index (κ1) is 64.8. The molecule has 2 amide bonds. The zero-order chi connectivity index (χ0) is 60.2. The van der Waals surface area contributed by atoms with Crippen LogP contribution in [0.1, 0.15) is 83.9 Å². The van der Waals surface area contributed by atoms with Crippen molar-refractivity contribution in [3.05, 3.63) is 106 Å². The van der Waals surface area contributed by atoms with Gasteiger partial charge in [-0.15, -0.1) is 0 Å². The molecule has 0 bridgehead atoms. The van der Waals surface area contributed by atoms with Crippen molar-refractivity contribution in [2.45, 2.75) is 176 Å². The van der Waals surface area contributed by atoms with Crippen LogP contribution in [0.2, 0.25) is 56.7 Å². The van der Waals surface area contributed by atoms with Gasteiger partial charge in [-0.3, -0.25) is 0 Å². The summed E-state index contributed by atoms with van der Waals surface area (Å²) in [6.07, 6.45) is 11.0. The highest BCUT2D eigenvalue weighted by Crippen LogP contribution is 2.36. The van der Waals surface area contributed by atoms with Gasteiger partial charge >= 0.3 is 12.2 Å². The van der Waals surface area contributed by atoms with E-state index in [-0.39, 0.29) is 29.6 Å². The van der Waals surface area contributed by atoms with E-state index < -0.39 is 27.3 Å². The number of hydrogen-bond acceptors (Lipinski definition) is 12. The van der Waals surface area contributed by atoms with Crippen molar-refractivity contribution < 1.29 is 28.5 Å². The monoisotopic (exact) mass is 1170 g/mol. The molecular formula is C61H87ClN12O6Si2. The van der Waals surface area contributed by atoms with Crippen LogP contribution < -0.4 is 11.1 Å². The Morgan fingerprint density at radius 3 is 1.77 bits per heavy atom. The number of nitrogens with zero attached hydrogens (tertiary/aromatic N) is 10. The summed E-state index contributed by atoms with van der Waals surface area (Å²) in [5, 5.41) is 5.78. The molecule has 442 valence electrons. The van der Waals surface area contributed by atoms with Crippen molar-refractivity contribution in [1.29, 1.82) is 0 Å². The first-order valence-corrected chi connectivity index (χ1v) is 36.2. The van der Waals surface area contributed by atoms with Gasteiger partial charge in [-0.1, -0.05) is 63.5 Å². The van der Waals surface area contributed by atoms with Crippen LogP contribution in [-0.2, 0) is 39.0 Å². The molecule has 2 aromatic carbocycles. The lowest BCUT2D eigenvalue weighted by Gasteiger charge is -2.34. The van der Waals surface area contributed by atoms with Gasteiger partial charge in [-0.2, -0.15) is 0 Å². The Morgan fingerprint density at radius 1 is 0.732 bits per heavy atom. The normalized spacial score (nSPS) is 15.9. The number of carbonyl (C=O) groups excluding carboxylic acids is 2. The van der Waals surface area contributed by atoms with E-state index in [2.05, 4.69) is 92.1 Å². The molecule has 21 heteroatoms. The van der Waals surface area contributed by atoms with E-state index in [1.807, 2.05) is 96.6 Å². The van der Waals surface area contributed by atoms with Crippen molar-refractivity contribution >= 4 is 73.4 Å². The van der Waals surface area contributed by atoms with Crippen molar-refractivity contribution in [3.63, 3.8) is 0 Å². The number of aromatic nitrogens is 6. The second-order valence-electron chi connectivity index (χ2n) is 25.8. The molecule has 4 aromatic heterocycles. The van der Waals surface area contributed by atoms with Gasteiger partial charge in [0.25, 0.3) is 0 Å². The van der Waals surface area contributed by atoms with E-state index in [0.29, 0.717) is 51.3 Å². The highest BCUT2D eigenvalue weighted by Gasteiger charge is 2.29. The SMILES string of the molecule is CC(C)(C)OC(=O)N1CCC[C@H](N)C1.[C-]#[N+]Cc1ccc2c(-c3nc(N[C@H]4CCCN(C(=O)OC(C)(C)C)C4)ncc3C)cn(COCC[Si](C)(C)C)c2c1.[C-]#[N+]c1ccc2c(-c3nc(Cl)ncc3C)cn(COCC[Si](C)(C)C)c2c1.